The Bertz CT molecular complexity index is 1100. The molecule has 148 valence electrons. The number of aromatic nitrogens is 2. The molecule has 4 aromatic rings. The predicted molar refractivity (Wildman–Crippen MR) is 113 cm³/mol. The van der Waals surface area contributed by atoms with E-state index in [-0.39, 0.29) is 18.5 Å². The highest BCUT2D eigenvalue weighted by atomic mass is 19.1. The quantitative estimate of drug-likeness (QED) is 0.476. The molecule has 1 atom stereocenters. The highest BCUT2D eigenvalue weighted by Gasteiger charge is 2.13. The minimum Gasteiger partial charge on any atom is -0.489 e. The third kappa shape index (κ3) is 4.30. The van der Waals surface area contributed by atoms with Crippen molar-refractivity contribution in [2.75, 3.05) is 0 Å². The van der Waals surface area contributed by atoms with Crippen molar-refractivity contribution >= 4 is 11.0 Å². The van der Waals surface area contributed by atoms with Gasteiger partial charge in [0.2, 0.25) is 0 Å². The van der Waals surface area contributed by atoms with E-state index >= 15 is 0 Å². The van der Waals surface area contributed by atoms with Crippen LogP contribution >= 0.6 is 0 Å². The van der Waals surface area contributed by atoms with Crippen molar-refractivity contribution in [3.8, 4) is 5.75 Å². The van der Waals surface area contributed by atoms with Crippen molar-refractivity contribution in [1.82, 2.24) is 14.9 Å². The SMILES string of the molecule is C[C@@H](NCc1ccc(OCc2ccccc2F)cc1)c1nc2ccccc2n1C. The number of halogens is 1. The van der Waals surface area contributed by atoms with Gasteiger partial charge in [0.25, 0.3) is 0 Å². The maximum Gasteiger partial charge on any atom is 0.129 e. The van der Waals surface area contributed by atoms with E-state index in [2.05, 4.69) is 22.9 Å². The second-order valence-corrected chi connectivity index (χ2v) is 7.14. The molecule has 0 aliphatic heterocycles. The smallest absolute Gasteiger partial charge is 0.129 e. The number of para-hydroxylation sites is 2. The highest BCUT2D eigenvalue weighted by molar-refractivity contribution is 5.75. The minimum absolute atomic E-state index is 0.115. The van der Waals surface area contributed by atoms with E-state index in [9.17, 15) is 4.39 Å². The summed E-state index contributed by atoms with van der Waals surface area (Å²) >= 11 is 0. The summed E-state index contributed by atoms with van der Waals surface area (Å²) < 4.78 is 21.5. The Morgan fingerprint density at radius 3 is 2.48 bits per heavy atom. The molecule has 0 radical (unpaired) electrons. The van der Waals surface area contributed by atoms with E-state index < -0.39 is 0 Å². The Morgan fingerprint density at radius 2 is 1.72 bits per heavy atom. The third-order valence-corrected chi connectivity index (χ3v) is 5.10. The largest absolute Gasteiger partial charge is 0.489 e. The number of rotatable bonds is 7. The van der Waals surface area contributed by atoms with Crippen LogP contribution in [0.25, 0.3) is 11.0 Å². The van der Waals surface area contributed by atoms with Gasteiger partial charge in [0.05, 0.1) is 17.1 Å². The number of nitrogens with zero attached hydrogens (tertiary/aromatic N) is 2. The van der Waals surface area contributed by atoms with Crippen LogP contribution < -0.4 is 10.1 Å². The Morgan fingerprint density at radius 1 is 1.00 bits per heavy atom. The van der Waals surface area contributed by atoms with Crippen LogP contribution in [0, 0.1) is 5.82 Å². The molecule has 0 aliphatic rings. The van der Waals surface area contributed by atoms with Gasteiger partial charge in [0.15, 0.2) is 0 Å². The van der Waals surface area contributed by atoms with Crippen LogP contribution in [0.1, 0.15) is 29.9 Å². The van der Waals surface area contributed by atoms with Gasteiger partial charge >= 0.3 is 0 Å². The summed E-state index contributed by atoms with van der Waals surface area (Å²) in [5, 5.41) is 3.53. The van der Waals surface area contributed by atoms with E-state index in [1.54, 1.807) is 12.1 Å². The molecule has 0 aliphatic carbocycles. The second kappa shape index (κ2) is 8.45. The summed E-state index contributed by atoms with van der Waals surface area (Å²) in [7, 11) is 2.05. The van der Waals surface area contributed by atoms with Crippen molar-refractivity contribution in [3.63, 3.8) is 0 Å². The van der Waals surface area contributed by atoms with Gasteiger partial charge in [-0.25, -0.2) is 9.37 Å². The van der Waals surface area contributed by atoms with Gasteiger partial charge in [-0.15, -0.1) is 0 Å². The molecule has 29 heavy (non-hydrogen) atoms. The normalized spacial score (nSPS) is 12.2. The summed E-state index contributed by atoms with van der Waals surface area (Å²) in [5.41, 5.74) is 3.84. The zero-order valence-corrected chi connectivity index (χ0v) is 16.6. The van der Waals surface area contributed by atoms with E-state index in [1.165, 1.54) is 6.07 Å². The Labute approximate surface area is 170 Å². The van der Waals surface area contributed by atoms with Crippen LogP contribution in [0.2, 0.25) is 0 Å². The zero-order valence-electron chi connectivity index (χ0n) is 16.6. The average molecular weight is 389 g/mol. The lowest BCUT2D eigenvalue weighted by atomic mass is 10.2. The van der Waals surface area contributed by atoms with Gasteiger partial charge in [-0.05, 0) is 42.8 Å². The molecule has 1 N–H and O–H groups in total. The van der Waals surface area contributed by atoms with E-state index in [4.69, 9.17) is 9.72 Å². The van der Waals surface area contributed by atoms with Gasteiger partial charge in [-0.2, -0.15) is 0 Å². The van der Waals surface area contributed by atoms with Crippen LogP contribution in [-0.4, -0.2) is 9.55 Å². The predicted octanol–water partition coefficient (Wildman–Crippen LogP) is 5.14. The molecule has 1 heterocycles. The summed E-state index contributed by atoms with van der Waals surface area (Å²) in [6, 6.07) is 22.8. The number of ether oxygens (including phenoxy) is 1. The number of hydrogen-bond acceptors (Lipinski definition) is 3. The number of nitrogens with one attached hydrogen (secondary N) is 1. The van der Waals surface area contributed by atoms with Gasteiger partial charge in [0.1, 0.15) is 24.0 Å². The Hall–Kier alpha value is -3.18. The molecule has 0 fully saturated rings. The van der Waals surface area contributed by atoms with E-state index in [1.807, 2.05) is 55.6 Å². The molecule has 3 aromatic carbocycles. The number of benzene rings is 3. The number of imidazole rings is 1. The lowest BCUT2D eigenvalue weighted by Gasteiger charge is -2.14. The molecule has 0 saturated heterocycles. The second-order valence-electron chi connectivity index (χ2n) is 7.14. The Balaban J connectivity index is 1.35. The molecule has 0 unspecified atom stereocenters. The minimum atomic E-state index is -0.246. The highest BCUT2D eigenvalue weighted by Crippen LogP contribution is 2.20. The van der Waals surface area contributed by atoms with E-state index in [0.29, 0.717) is 5.56 Å². The fourth-order valence-corrected chi connectivity index (χ4v) is 3.39. The number of fused-ring (bicyclic) bond motifs is 1. The van der Waals surface area contributed by atoms with Crippen LogP contribution in [-0.2, 0) is 20.2 Å². The fraction of sp³-hybridized carbons (Fsp3) is 0.208. The molecule has 1 aromatic heterocycles. The van der Waals surface area contributed by atoms with Gasteiger partial charge in [-0.1, -0.05) is 42.5 Å². The maximum absolute atomic E-state index is 13.7. The summed E-state index contributed by atoms with van der Waals surface area (Å²) in [4.78, 5) is 4.75. The van der Waals surface area contributed by atoms with E-state index in [0.717, 1.165) is 34.7 Å². The summed E-state index contributed by atoms with van der Waals surface area (Å²) in [6.45, 7) is 3.05. The van der Waals surface area contributed by atoms with Crippen LogP contribution in [0.4, 0.5) is 4.39 Å². The van der Waals surface area contributed by atoms with Crippen LogP contribution in [0.5, 0.6) is 5.75 Å². The molecule has 0 spiro atoms. The third-order valence-electron chi connectivity index (χ3n) is 5.10. The van der Waals surface area contributed by atoms with Gasteiger partial charge in [-0.3, -0.25) is 0 Å². The molecular weight excluding hydrogens is 365 g/mol. The lowest BCUT2D eigenvalue weighted by molar-refractivity contribution is 0.299. The van der Waals surface area contributed by atoms with Crippen molar-refractivity contribution in [3.05, 3.63) is 95.6 Å². The first-order chi connectivity index (χ1) is 14.1. The first-order valence-corrected chi connectivity index (χ1v) is 9.71. The topological polar surface area (TPSA) is 39.1 Å². The van der Waals surface area contributed by atoms with Crippen molar-refractivity contribution in [2.24, 2.45) is 7.05 Å². The van der Waals surface area contributed by atoms with Crippen molar-refractivity contribution in [1.29, 1.82) is 0 Å². The maximum atomic E-state index is 13.7. The molecular formula is C24H24FN3O. The molecule has 4 nitrogen and oxygen atoms in total. The van der Waals surface area contributed by atoms with Gasteiger partial charge in [0, 0.05) is 19.2 Å². The number of aryl methyl sites for hydroxylation is 1. The van der Waals surface area contributed by atoms with Crippen LogP contribution in [0.3, 0.4) is 0 Å². The fourth-order valence-electron chi connectivity index (χ4n) is 3.39. The Kier molecular flexibility index (Phi) is 5.58. The average Bonchev–Trinajstić information content (AvgIpc) is 3.09. The first kappa shape index (κ1) is 19.2. The van der Waals surface area contributed by atoms with Gasteiger partial charge < -0.3 is 14.6 Å². The van der Waals surface area contributed by atoms with Crippen LogP contribution in [0.15, 0.2) is 72.8 Å². The number of hydrogen-bond donors (Lipinski definition) is 1. The standard InChI is InChI=1S/C24H24FN3O/c1-17(24-27-22-9-5-6-10-23(22)28(24)2)26-15-18-11-13-20(14-12-18)29-16-19-7-3-4-8-21(19)25/h3-14,17,26H,15-16H2,1-2H3/t17-/m1/s1. The monoisotopic (exact) mass is 389 g/mol. The first-order valence-electron chi connectivity index (χ1n) is 9.71. The molecule has 0 amide bonds. The molecule has 4 rings (SSSR count). The van der Waals surface area contributed by atoms with Crippen molar-refractivity contribution in [2.45, 2.75) is 26.1 Å². The summed E-state index contributed by atoms with van der Waals surface area (Å²) in [5.74, 6) is 1.49. The molecule has 5 heteroatoms. The lowest BCUT2D eigenvalue weighted by Crippen LogP contribution is -2.21. The molecule has 0 bridgehead atoms. The zero-order chi connectivity index (χ0) is 20.2. The summed E-state index contributed by atoms with van der Waals surface area (Å²) in [6.07, 6.45) is 0. The molecule has 0 saturated carbocycles. The van der Waals surface area contributed by atoms with Crippen molar-refractivity contribution < 1.29 is 9.13 Å².